The number of aromatic nitrogens is 2. The van der Waals surface area contributed by atoms with Gasteiger partial charge in [-0.15, -0.1) is 10.2 Å². The molecule has 0 saturated heterocycles. The minimum atomic E-state index is -0.522. The molecule has 9 heteroatoms. The van der Waals surface area contributed by atoms with Crippen molar-refractivity contribution in [2.45, 2.75) is 9.59 Å². The second kappa shape index (κ2) is 10.2. The number of nitrogens with one attached hydrogen (secondary N) is 2. The fourth-order valence-electron chi connectivity index (χ4n) is 2.33. The summed E-state index contributed by atoms with van der Waals surface area (Å²) < 4.78 is 18.8. The third-order valence-electron chi connectivity index (χ3n) is 3.66. The van der Waals surface area contributed by atoms with Crippen molar-refractivity contribution in [3.63, 3.8) is 0 Å². The first-order valence-corrected chi connectivity index (χ1v) is 10.2. The molecule has 0 aliphatic rings. The molecule has 0 radical (unpaired) electrons. The Morgan fingerprint density at radius 3 is 2.64 bits per heavy atom. The molecule has 0 spiro atoms. The first-order chi connectivity index (χ1) is 13.7. The topological polar surface area (TPSA) is 76.1 Å². The third kappa shape index (κ3) is 5.75. The summed E-state index contributed by atoms with van der Waals surface area (Å²) in [5.74, 6) is -0.568. The molecule has 0 aliphatic heterocycles. The number of halogens is 1. The Bertz CT molecular complexity index is 890. The van der Waals surface area contributed by atoms with Crippen LogP contribution in [-0.4, -0.2) is 36.4 Å². The highest BCUT2D eigenvalue weighted by Gasteiger charge is 2.24. The van der Waals surface area contributed by atoms with E-state index in [2.05, 4.69) is 20.8 Å². The Balaban J connectivity index is 1.74. The Kier molecular flexibility index (Phi) is 7.35. The molecule has 0 aliphatic carbocycles. The molecule has 1 amide bonds. The lowest BCUT2D eigenvalue weighted by Gasteiger charge is -2.15. The maximum atomic E-state index is 13.1. The van der Waals surface area contributed by atoms with Gasteiger partial charge in [0.1, 0.15) is 11.1 Å². The maximum absolute atomic E-state index is 13.1. The van der Waals surface area contributed by atoms with Gasteiger partial charge in [-0.05, 0) is 29.8 Å². The van der Waals surface area contributed by atoms with E-state index in [1.807, 2.05) is 30.3 Å². The van der Waals surface area contributed by atoms with Gasteiger partial charge in [-0.1, -0.05) is 53.4 Å². The van der Waals surface area contributed by atoms with Crippen LogP contribution in [0.1, 0.15) is 10.8 Å². The summed E-state index contributed by atoms with van der Waals surface area (Å²) in [6, 6.07) is 15.1. The molecular weight excluding hydrogens is 399 g/mol. The summed E-state index contributed by atoms with van der Waals surface area (Å²) in [6.45, 7) is 1.19. The lowest BCUT2D eigenvalue weighted by molar-refractivity contribution is -0.115. The fraction of sp³-hybridized carbons (Fsp3) is 0.211. The second-order valence-electron chi connectivity index (χ2n) is 5.70. The first kappa shape index (κ1) is 20.2. The molecule has 1 heterocycles. The molecule has 0 fully saturated rings. The summed E-state index contributed by atoms with van der Waals surface area (Å²) in [5.41, 5.74) is 1.38. The number of benzene rings is 2. The highest BCUT2D eigenvalue weighted by atomic mass is 32.2. The van der Waals surface area contributed by atoms with Crippen molar-refractivity contribution < 1.29 is 13.9 Å². The van der Waals surface area contributed by atoms with Crippen molar-refractivity contribution in [1.82, 2.24) is 10.2 Å². The van der Waals surface area contributed by atoms with Gasteiger partial charge in [0.25, 0.3) is 0 Å². The number of thioether (sulfide) groups is 1. The van der Waals surface area contributed by atoms with Gasteiger partial charge >= 0.3 is 0 Å². The highest BCUT2D eigenvalue weighted by Crippen LogP contribution is 2.38. The fourth-order valence-corrected chi connectivity index (χ4v) is 4.30. The zero-order chi connectivity index (χ0) is 19.8. The van der Waals surface area contributed by atoms with Gasteiger partial charge in [0.15, 0.2) is 4.34 Å². The Morgan fingerprint density at radius 2 is 1.93 bits per heavy atom. The summed E-state index contributed by atoms with van der Waals surface area (Å²) in [5, 5.41) is 14.4. The first-order valence-electron chi connectivity index (χ1n) is 8.50. The van der Waals surface area contributed by atoms with Crippen LogP contribution in [0, 0.1) is 5.82 Å². The minimum Gasteiger partial charge on any atom is -0.383 e. The van der Waals surface area contributed by atoms with Crippen LogP contribution < -0.4 is 10.6 Å². The van der Waals surface area contributed by atoms with E-state index < -0.39 is 5.25 Å². The lowest BCUT2D eigenvalue weighted by Crippen LogP contribution is -2.19. The Morgan fingerprint density at radius 1 is 1.18 bits per heavy atom. The molecule has 3 aromatic rings. The number of ether oxygens (including phenoxy) is 1. The predicted molar refractivity (Wildman–Crippen MR) is 110 cm³/mol. The molecular formula is C19H19FN4O2S2. The van der Waals surface area contributed by atoms with Gasteiger partial charge in [-0.2, -0.15) is 0 Å². The standard InChI is InChI=1S/C19H19FN4O2S2/c1-26-12-11-21-18-23-24-19(28-18)27-16(13-5-3-2-4-6-13)17(25)22-15-9-7-14(20)8-10-15/h2-10,16H,11-12H2,1H3,(H,21,23)(H,22,25)/t16-/m1/s1. The Labute approximate surface area is 170 Å². The molecule has 0 saturated carbocycles. The van der Waals surface area contributed by atoms with Gasteiger partial charge < -0.3 is 15.4 Å². The highest BCUT2D eigenvalue weighted by molar-refractivity contribution is 8.02. The predicted octanol–water partition coefficient (Wildman–Crippen LogP) is 4.21. The average molecular weight is 419 g/mol. The van der Waals surface area contributed by atoms with E-state index in [-0.39, 0.29) is 11.7 Å². The summed E-state index contributed by atoms with van der Waals surface area (Å²) >= 11 is 2.70. The van der Waals surface area contributed by atoms with Crippen LogP contribution in [0.5, 0.6) is 0 Å². The van der Waals surface area contributed by atoms with Crippen molar-refractivity contribution in [1.29, 1.82) is 0 Å². The number of nitrogens with zero attached hydrogens (tertiary/aromatic N) is 2. The van der Waals surface area contributed by atoms with Crippen LogP contribution in [0.25, 0.3) is 0 Å². The average Bonchev–Trinajstić information content (AvgIpc) is 3.16. The number of hydrogen-bond acceptors (Lipinski definition) is 7. The summed E-state index contributed by atoms with van der Waals surface area (Å²) in [7, 11) is 1.63. The number of amides is 1. The molecule has 3 rings (SSSR count). The van der Waals surface area contributed by atoms with Gasteiger partial charge in [-0.3, -0.25) is 4.79 Å². The Hall–Kier alpha value is -2.49. The number of rotatable bonds is 9. The van der Waals surface area contributed by atoms with Crippen molar-refractivity contribution in [2.75, 3.05) is 30.9 Å². The minimum absolute atomic E-state index is 0.216. The van der Waals surface area contributed by atoms with Crippen LogP contribution in [0.3, 0.4) is 0 Å². The number of anilines is 2. The van der Waals surface area contributed by atoms with E-state index in [0.717, 1.165) is 5.56 Å². The summed E-state index contributed by atoms with van der Waals surface area (Å²) in [4.78, 5) is 12.9. The van der Waals surface area contributed by atoms with Crippen LogP contribution in [0.15, 0.2) is 58.9 Å². The molecule has 2 aromatic carbocycles. The molecule has 6 nitrogen and oxygen atoms in total. The molecule has 28 heavy (non-hydrogen) atoms. The van der Waals surface area contributed by atoms with Crippen molar-refractivity contribution in [2.24, 2.45) is 0 Å². The SMILES string of the molecule is COCCNc1nnc(S[C@@H](C(=O)Nc2ccc(F)cc2)c2ccccc2)s1. The maximum Gasteiger partial charge on any atom is 0.242 e. The van der Waals surface area contributed by atoms with Crippen molar-refractivity contribution in [3.05, 3.63) is 66.0 Å². The van der Waals surface area contributed by atoms with Crippen LogP contribution in [0.4, 0.5) is 15.2 Å². The van der Waals surface area contributed by atoms with Crippen LogP contribution in [-0.2, 0) is 9.53 Å². The molecule has 0 unspecified atom stereocenters. The lowest BCUT2D eigenvalue weighted by atomic mass is 10.1. The number of carbonyl (C=O) groups excluding carboxylic acids is 1. The number of hydrogen-bond donors (Lipinski definition) is 2. The number of carbonyl (C=O) groups is 1. The molecule has 146 valence electrons. The van der Waals surface area contributed by atoms with Gasteiger partial charge in [0.2, 0.25) is 11.0 Å². The third-order valence-corrected chi connectivity index (χ3v) is 5.88. The van der Waals surface area contributed by atoms with Gasteiger partial charge in [-0.25, -0.2) is 4.39 Å². The second-order valence-corrected chi connectivity index (χ2v) is 8.03. The molecule has 1 aromatic heterocycles. The van der Waals surface area contributed by atoms with Gasteiger partial charge in [0.05, 0.1) is 6.61 Å². The van der Waals surface area contributed by atoms with Crippen LogP contribution >= 0.6 is 23.1 Å². The molecule has 1 atom stereocenters. The largest absolute Gasteiger partial charge is 0.383 e. The van der Waals surface area contributed by atoms with E-state index in [4.69, 9.17) is 4.74 Å². The van der Waals surface area contributed by atoms with E-state index in [1.54, 1.807) is 7.11 Å². The van der Waals surface area contributed by atoms with E-state index in [0.29, 0.717) is 28.3 Å². The normalized spacial score (nSPS) is 11.8. The van der Waals surface area contributed by atoms with Crippen molar-refractivity contribution in [3.8, 4) is 0 Å². The molecule has 2 N–H and O–H groups in total. The monoisotopic (exact) mass is 418 g/mol. The van der Waals surface area contributed by atoms with Gasteiger partial charge in [0, 0.05) is 19.3 Å². The zero-order valence-electron chi connectivity index (χ0n) is 15.1. The van der Waals surface area contributed by atoms with E-state index in [9.17, 15) is 9.18 Å². The van der Waals surface area contributed by atoms with E-state index >= 15 is 0 Å². The zero-order valence-corrected chi connectivity index (χ0v) is 16.7. The smallest absolute Gasteiger partial charge is 0.242 e. The van der Waals surface area contributed by atoms with Crippen molar-refractivity contribution >= 4 is 39.8 Å². The van der Waals surface area contributed by atoms with Crippen LogP contribution in [0.2, 0.25) is 0 Å². The van der Waals surface area contributed by atoms with E-state index in [1.165, 1.54) is 47.4 Å². The summed E-state index contributed by atoms with van der Waals surface area (Å²) in [6.07, 6.45) is 0. The quantitative estimate of drug-likeness (QED) is 0.401. The number of methoxy groups -OCH3 is 1. The molecule has 0 bridgehead atoms.